The van der Waals surface area contributed by atoms with Gasteiger partial charge in [-0.2, -0.15) is 0 Å². The van der Waals surface area contributed by atoms with E-state index in [1.807, 2.05) is 0 Å². The van der Waals surface area contributed by atoms with E-state index in [0.717, 1.165) is 17.9 Å². The fourth-order valence-corrected chi connectivity index (χ4v) is 3.81. The first kappa shape index (κ1) is 14.3. The van der Waals surface area contributed by atoms with Crippen molar-refractivity contribution in [2.45, 2.75) is 58.9 Å². The number of nitrogens with one attached hydrogen (secondary N) is 1. The second kappa shape index (κ2) is 5.92. The van der Waals surface area contributed by atoms with Crippen LogP contribution in [-0.2, 0) is 0 Å². The zero-order valence-corrected chi connectivity index (χ0v) is 12.8. The third-order valence-electron chi connectivity index (χ3n) is 5.27. The molecule has 18 heavy (non-hydrogen) atoms. The molecule has 1 saturated carbocycles. The van der Waals surface area contributed by atoms with Crippen LogP contribution in [0, 0.1) is 17.3 Å². The molecular weight excluding hydrogens is 220 g/mol. The normalized spacial score (nSPS) is 35.0. The summed E-state index contributed by atoms with van der Waals surface area (Å²) in [5, 5.41) is 3.42. The molecule has 1 aliphatic heterocycles. The highest BCUT2D eigenvalue weighted by atomic mass is 15.2. The van der Waals surface area contributed by atoms with Crippen LogP contribution in [0.1, 0.15) is 52.9 Å². The lowest BCUT2D eigenvalue weighted by atomic mass is 9.70. The lowest BCUT2D eigenvalue weighted by Crippen LogP contribution is -2.34. The summed E-state index contributed by atoms with van der Waals surface area (Å²) in [5.74, 6) is 1.93. The maximum atomic E-state index is 3.42. The lowest BCUT2D eigenvalue weighted by molar-refractivity contribution is 0.130. The summed E-state index contributed by atoms with van der Waals surface area (Å²) in [4.78, 5) is 2.68. The van der Waals surface area contributed by atoms with Crippen molar-refractivity contribution in [1.29, 1.82) is 0 Å². The molecule has 2 aliphatic rings. The molecule has 1 N–H and O–H groups in total. The fraction of sp³-hybridized carbons (Fsp3) is 1.00. The Balaban J connectivity index is 1.71. The van der Waals surface area contributed by atoms with Gasteiger partial charge in [-0.25, -0.2) is 0 Å². The monoisotopic (exact) mass is 252 g/mol. The van der Waals surface area contributed by atoms with Gasteiger partial charge in [0.05, 0.1) is 0 Å². The molecule has 0 aromatic carbocycles. The molecule has 0 amide bonds. The van der Waals surface area contributed by atoms with Crippen molar-refractivity contribution < 1.29 is 0 Å². The number of likely N-dealkylation sites (tertiary alicyclic amines) is 1. The van der Waals surface area contributed by atoms with Gasteiger partial charge in [-0.15, -0.1) is 0 Å². The number of likely N-dealkylation sites (N-methyl/N-ethyl adjacent to an activating group) is 1. The average molecular weight is 252 g/mol. The van der Waals surface area contributed by atoms with E-state index < -0.39 is 0 Å². The summed E-state index contributed by atoms with van der Waals surface area (Å²) in [5.41, 5.74) is 0.524. The molecule has 0 bridgehead atoms. The van der Waals surface area contributed by atoms with Crippen molar-refractivity contribution in [3.8, 4) is 0 Å². The fourth-order valence-electron chi connectivity index (χ4n) is 3.81. The standard InChI is InChI=1S/C16H32N2/c1-16(2,3)14-7-5-13(6-8-14)11-18-10-9-15(12-18)17-4/h13-15,17H,5-12H2,1-4H3. The zero-order chi connectivity index (χ0) is 13.2. The molecule has 2 nitrogen and oxygen atoms in total. The second-order valence-corrected chi connectivity index (χ2v) is 7.62. The molecule has 106 valence electrons. The predicted molar refractivity (Wildman–Crippen MR) is 78.8 cm³/mol. The molecule has 0 radical (unpaired) electrons. The third-order valence-corrected chi connectivity index (χ3v) is 5.27. The highest BCUT2D eigenvalue weighted by Crippen LogP contribution is 2.40. The Morgan fingerprint density at radius 3 is 2.22 bits per heavy atom. The van der Waals surface area contributed by atoms with Crippen molar-refractivity contribution in [3.63, 3.8) is 0 Å². The van der Waals surface area contributed by atoms with Crippen LogP contribution in [-0.4, -0.2) is 37.6 Å². The summed E-state index contributed by atoms with van der Waals surface area (Å²) < 4.78 is 0. The molecule has 1 unspecified atom stereocenters. The van der Waals surface area contributed by atoms with Crippen LogP contribution in [0.4, 0.5) is 0 Å². The average Bonchev–Trinajstić information content (AvgIpc) is 2.76. The Labute approximate surface area is 114 Å². The smallest absolute Gasteiger partial charge is 0.0204 e. The molecule has 1 atom stereocenters. The Kier molecular flexibility index (Phi) is 4.71. The Morgan fingerprint density at radius 2 is 1.72 bits per heavy atom. The maximum Gasteiger partial charge on any atom is 0.0204 e. The summed E-state index contributed by atoms with van der Waals surface area (Å²) in [6.07, 6.45) is 7.17. The van der Waals surface area contributed by atoms with Gasteiger partial charge in [-0.05, 0) is 62.9 Å². The molecule has 1 aliphatic carbocycles. The molecule has 2 heteroatoms. The summed E-state index contributed by atoms with van der Waals surface area (Å²) in [6, 6.07) is 0.746. The number of hydrogen-bond acceptors (Lipinski definition) is 2. The minimum atomic E-state index is 0.524. The van der Waals surface area contributed by atoms with E-state index in [9.17, 15) is 0 Å². The van der Waals surface area contributed by atoms with Crippen LogP contribution >= 0.6 is 0 Å². The van der Waals surface area contributed by atoms with Gasteiger partial charge >= 0.3 is 0 Å². The first-order chi connectivity index (χ1) is 8.49. The van der Waals surface area contributed by atoms with E-state index >= 15 is 0 Å². The predicted octanol–water partition coefficient (Wildman–Crippen LogP) is 3.13. The number of rotatable bonds is 3. The van der Waals surface area contributed by atoms with Crippen molar-refractivity contribution >= 4 is 0 Å². The second-order valence-electron chi connectivity index (χ2n) is 7.62. The molecular formula is C16H32N2. The molecule has 2 fully saturated rings. The number of nitrogens with zero attached hydrogens (tertiary/aromatic N) is 1. The van der Waals surface area contributed by atoms with Gasteiger partial charge in [0.15, 0.2) is 0 Å². The largest absolute Gasteiger partial charge is 0.316 e. The van der Waals surface area contributed by atoms with Gasteiger partial charge in [0, 0.05) is 19.1 Å². The Morgan fingerprint density at radius 1 is 1.06 bits per heavy atom. The lowest BCUT2D eigenvalue weighted by Gasteiger charge is -2.38. The zero-order valence-electron chi connectivity index (χ0n) is 12.8. The highest BCUT2D eigenvalue weighted by Gasteiger charge is 2.31. The molecule has 0 aromatic heterocycles. The summed E-state index contributed by atoms with van der Waals surface area (Å²) in [6.45, 7) is 11.2. The van der Waals surface area contributed by atoms with Crippen molar-refractivity contribution in [2.75, 3.05) is 26.7 Å². The van der Waals surface area contributed by atoms with E-state index in [1.54, 1.807) is 0 Å². The molecule has 2 rings (SSSR count). The molecule has 0 spiro atoms. The van der Waals surface area contributed by atoms with E-state index in [2.05, 4.69) is 38.0 Å². The van der Waals surface area contributed by atoms with Gasteiger partial charge in [-0.3, -0.25) is 0 Å². The van der Waals surface area contributed by atoms with Crippen LogP contribution in [0.25, 0.3) is 0 Å². The van der Waals surface area contributed by atoms with E-state index in [1.165, 1.54) is 51.7 Å². The first-order valence-corrected chi connectivity index (χ1v) is 7.88. The topological polar surface area (TPSA) is 15.3 Å². The minimum absolute atomic E-state index is 0.524. The van der Waals surface area contributed by atoms with Crippen LogP contribution in [0.15, 0.2) is 0 Å². The van der Waals surface area contributed by atoms with Crippen LogP contribution in [0.5, 0.6) is 0 Å². The van der Waals surface area contributed by atoms with E-state index in [-0.39, 0.29) is 0 Å². The van der Waals surface area contributed by atoms with Crippen molar-refractivity contribution in [3.05, 3.63) is 0 Å². The Bertz CT molecular complexity index is 248. The molecule has 1 heterocycles. The quantitative estimate of drug-likeness (QED) is 0.830. The van der Waals surface area contributed by atoms with Gasteiger partial charge < -0.3 is 10.2 Å². The van der Waals surface area contributed by atoms with Crippen molar-refractivity contribution in [2.24, 2.45) is 17.3 Å². The van der Waals surface area contributed by atoms with Crippen LogP contribution in [0.3, 0.4) is 0 Å². The molecule has 0 aromatic rings. The SMILES string of the molecule is CNC1CCN(CC2CCC(C(C)(C)C)CC2)C1. The van der Waals surface area contributed by atoms with Crippen molar-refractivity contribution in [1.82, 2.24) is 10.2 Å². The van der Waals surface area contributed by atoms with E-state index in [0.29, 0.717) is 5.41 Å². The summed E-state index contributed by atoms with van der Waals surface area (Å²) in [7, 11) is 2.10. The van der Waals surface area contributed by atoms with Gasteiger partial charge in [0.1, 0.15) is 0 Å². The molecule has 1 saturated heterocycles. The summed E-state index contributed by atoms with van der Waals surface area (Å²) >= 11 is 0. The van der Waals surface area contributed by atoms with Crippen LogP contribution in [0.2, 0.25) is 0 Å². The van der Waals surface area contributed by atoms with E-state index in [4.69, 9.17) is 0 Å². The minimum Gasteiger partial charge on any atom is -0.316 e. The maximum absolute atomic E-state index is 3.42. The first-order valence-electron chi connectivity index (χ1n) is 7.88. The Hall–Kier alpha value is -0.0800. The highest BCUT2D eigenvalue weighted by molar-refractivity contribution is 4.85. The van der Waals surface area contributed by atoms with Gasteiger partial charge in [0.25, 0.3) is 0 Å². The van der Waals surface area contributed by atoms with Gasteiger partial charge in [0.2, 0.25) is 0 Å². The van der Waals surface area contributed by atoms with Gasteiger partial charge in [-0.1, -0.05) is 20.8 Å². The third kappa shape index (κ3) is 3.71. The number of hydrogen-bond donors (Lipinski definition) is 1. The van der Waals surface area contributed by atoms with Crippen LogP contribution < -0.4 is 5.32 Å².